The molecule has 4 nitrogen and oxygen atoms in total. The van der Waals surface area contributed by atoms with E-state index in [4.69, 9.17) is 19.9 Å². The summed E-state index contributed by atoms with van der Waals surface area (Å²) in [7, 11) is 1.65. The van der Waals surface area contributed by atoms with Gasteiger partial charge in [-0.25, -0.2) is 0 Å². The van der Waals surface area contributed by atoms with E-state index in [-0.39, 0.29) is 6.10 Å². The van der Waals surface area contributed by atoms with Gasteiger partial charge in [0.2, 0.25) is 0 Å². The van der Waals surface area contributed by atoms with E-state index in [0.29, 0.717) is 33.0 Å². The van der Waals surface area contributed by atoms with Crippen molar-refractivity contribution in [3.05, 3.63) is 0 Å². The van der Waals surface area contributed by atoms with Crippen LogP contribution in [0.25, 0.3) is 0 Å². The number of rotatable bonds is 8. The zero-order valence-corrected chi connectivity index (χ0v) is 7.91. The number of ether oxygens (including phenoxy) is 3. The fraction of sp³-hybridized carbons (Fsp3) is 1.00. The minimum absolute atomic E-state index is 0.121. The Kier molecular flexibility index (Phi) is 8.81. The van der Waals surface area contributed by atoms with Crippen LogP contribution in [-0.2, 0) is 14.2 Å². The quantitative estimate of drug-likeness (QED) is 0.531. The van der Waals surface area contributed by atoms with E-state index < -0.39 is 0 Å². The highest BCUT2D eigenvalue weighted by atomic mass is 16.5. The van der Waals surface area contributed by atoms with Gasteiger partial charge in [0.15, 0.2) is 0 Å². The molecule has 12 heavy (non-hydrogen) atoms. The molecule has 0 aliphatic heterocycles. The summed E-state index contributed by atoms with van der Waals surface area (Å²) in [5.74, 6) is 0. The maximum atomic E-state index is 5.35. The Morgan fingerprint density at radius 1 is 1.17 bits per heavy atom. The summed E-state index contributed by atoms with van der Waals surface area (Å²) in [5, 5.41) is 0. The van der Waals surface area contributed by atoms with E-state index in [1.165, 1.54) is 0 Å². The third kappa shape index (κ3) is 7.94. The van der Waals surface area contributed by atoms with Crippen LogP contribution in [0.1, 0.15) is 6.92 Å². The molecule has 0 saturated carbocycles. The van der Waals surface area contributed by atoms with Crippen molar-refractivity contribution in [2.45, 2.75) is 13.0 Å². The van der Waals surface area contributed by atoms with Crippen molar-refractivity contribution >= 4 is 0 Å². The lowest BCUT2D eigenvalue weighted by Crippen LogP contribution is -2.22. The first-order valence-electron chi connectivity index (χ1n) is 4.19. The predicted molar refractivity (Wildman–Crippen MR) is 47.2 cm³/mol. The molecule has 0 fully saturated rings. The van der Waals surface area contributed by atoms with Gasteiger partial charge in [-0.15, -0.1) is 0 Å². The maximum absolute atomic E-state index is 5.35. The molecule has 0 saturated heterocycles. The summed E-state index contributed by atoms with van der Waals surface area (Å²) < 4.78 is 15.3. The van der Waals surface area contributed by atoms with Gasteiger partial charge in [0.25, 0.3) is 0 Å². The highest BCUT2D eigenvalue weighted by Gasteiger charge is 1.96. The molecule has 2 N–H and O–H groups in total. The first-order valence-corrected chi connectivity index (χ1v) is 4.19. The molecule has 0 unspecified atom stereocenters. The topological polar surface area (TPSA) is 53.7 Å². The largest absolute Gasteiger partial charge is 0.382 e. The fourth-order valence-electron chi connectivity index (χ4n) is 0.621. The van der Waals surface area contributed by atoms with Gasteiger partial charge in [0.1, 0.15) is 0 Å². The molecule has 0 radical (unpaired) electrons. The van der Waals surface area contributed by atoms with Crippen molar-refractivity contribution in [1.29, 1.82) is 0 Å². The Labute approximate surface area is 74.0 Å². The highest BCUT2D eigenvalue weighted by molar-refractivity contribution is 4.47. The molecule has 1 atom stereocenters. The monoisotopic (exact) mass is 177 g/mol. The molecule has 0 heterocycles. The Hall–Kier alpha value is -0.160. The zero-order chi connectivity index (χ0) is 9.23. The summed E-state index contributed by atoms with van der Waals surface area (Å²) >= 11 is 0. The molecule has 0 spiro atoms. The lowest BCUT2D eigenvalue weighted by atomic mass is 10.4. The van der Waals surface area contributed by atoms with Crippen LogP contribution in [-0.4, -0.2) is 46.2 Å². The molecular weight excluding hydrogens is 158 g/mol. The minimum atomic E-state index is 0.121. The van der Waals surface area contributed by atoms with Gasteiger partial charge in [-0.2, -0.15) is 0 Å². The third-order valence-corrected chi connectivity index (χ3v) is 1.39. The van der Waals surface area contributed by atoms with Gasteiger partial charge in [-0.05, 0) is 6.92 Å². The lowest BCUT2D eigenvalue weighted by Gasteiger charge is -2.10. The van der Waals surface area contributed by atoms with Crippen LogP contribution in [0.15, 0.2) is 0 Å². The van der Waals surface area contributed by atoms with Gasteiger partial charge >= 0.3 is 0 Å². The van der Waals surface area contributed by atoms with Crippen LogP contribution < -0.4 is 5.73 Å². The van der Waals surface area contributed by atoms with E-state index in [2.05, 4.69) is 0 Å². The summed E-state index contributed by atoms with van der Waals surface area (Å²) in [6.45, 7) is 4.95. The van der Waals surface area contributed by atoms with E-state index >= 15 is 0 Å². The number of nitrogens with two attached hydrogens (primary N) is 1. The second-order valence-corrected chi connectivity index (χ2v) is 2.52. The molecule has 0 rings (SSSR count). The number of hydrogen-bond donors (Lipinski definition) is 1. The van der Waals surface area contributed by atoms with Crippen molar-refractivity contribution in [3.63, 3.8) is 0 Å². The van der Waals surface area contributed by atoms with Crippen LogP contribution >= 0.6 is 0 Å². The molecule has 0 amide bonds. The molecule has 0 aliphatic rings. The second-order valence-electron chi connectivity index (χ2n) is 2.52. The summed E-state index contributed by atoms with van der Waals surface area (Å²) in [4.78, 5) is 0. The number of hydrogen-bond acceptors (Lipinski definition) is 4. The predicted octanol–water partition coefficient (Wildman–Crippen LogP) is 0.0132. The average Bonchev–Trinajstić information content (AvgIpc) is 2.10. The summed E-state index contributed by atoms with van der Waals surface area (Å²) in [6.07, 6.45) is 0.121. The van der Waals surface area contributed by atoms with Crippen LogP contribution in [0.2, 0.25) is 0 Å². The molecule has 74 valence electrons. The Bertz CT molecular complexity index is 90.4. The SMILES string of the molecule is COCCOCCO[C@@H](C)CN. The smallest absolute Gasteiger partial charge is 0.0704 e. The molecule has 0 aromatic rings. The van der Waals surface area contributed by atoms with E-state index in [0.717, 1.165) is 0 Å². The second kappa shape index (κ2) is 8.93. The fourth-order valence-corrected chi connectivity index (χ4v) is 0.621. The van der Waals surface area contributed by atoms with Gasteiger partial charge < -0.3 is 19.9 Å². The molecular formula is C8H19NO3. The van der Waals surface area contributed by atoms with Crippen LogP contribution in [0.3, 0.4) is 0 Å². The molecule has 0 bridgehead atoms. The van der Waals surface area contributed by atoms with Crippen molar-refractivity contribution in [2.75, 3.05) is 40.1 Å². The van der Waals surface area contributed by atoms with E-state index in [9.17, 15) is 0 Å². The van der Waals surface area contributed by atoms with E-state index in [1.54, 1.807) is 7.11 Å². The zero-order valence-electron chi connectivity index (χ0n) is 7.91. The Morgan fingerprint density at radius 2 is 1.83 bits per heavy atom. The van der Waals surface area contributed by atoms with Crippen molar-refractivity contribution in [1.82, 2.24) is 0 Å². The summed E-state index contributed by atoms with van der Waals surface area (Å²) in [5.41, 5.74) is 5.35. The average molecular weight is 177 g/mol. The van der Waals surface area contributed by atoms with Crippen LogP contribution in [0.5, 0.6) is 0 Å². The van der Waals surface area contributed by atoms with Gasteiger partial charge in [-0.3, -0.25) is 0 Å². The standard InChI is InChI=1S/C8H19NO3/c1-8(7-9)12-6-5-11-4-3-10-2/h8H,3-7,9H2,1-2H3/t8-/m0/s1. The van der Waals surface area contributed by atoms with Crippen LogP contribution in [0.4, 0.5) is 0 Å². The third-order valence-electron chi connectivity index (χ3n) is 1.39. The van der Waals surface area contributed by atoms with Gasteiger partial charge in [0, 0.05) is 13.7 Å². The molecule has 0 aromatic heterocycles. The molecule has 0 aliphatic carbocycles. The number of methoxy groups -OCH3 is 1. The van der Waals surface area contributed by atoms with Crippen molar-refractivity contribution < 1.29 is 14.2 Å². The van der Waals surface area contributed by atoms with Gasteiger partial charge in [-0.1, -0.05) is 0 Å². The highest BCUT2D eigenvalue weighted by Crippen LogP contribution is 1.86. The molecule has 4 heteroatoms. The van der Waals surface area contributed by atoms with Crippen molar-refractivity contribution in [2.24, 2.45) is 5.73 Å². The first-order chi connectivity index (χ1) is 5.81. The van der Waals surface area contributed by atoms with Crippen molar-refractivity contribution in [3.8, 4) is 0 Å². The lowest BCUT2D eigenvalue weighted by molar-refractivity contribution is 0.00243. The van der Waals surface area contributed by atoms with Crippen LogP contribution in [0, 0.1) is 0 Å². The minimum Gasteiger partial charge on any atom is -0.382 e. The first kappa shape index (κ1) is 11.8. The molecule has 0 aromatic carbocycles. The van der Waals surface area contributed by atoms with E-state index in [1.807, 2.05) is 6.92 Å². The maximum Gasteiger partial charge on any atom is 0.0704 e. The van der Waals surface area contributed by atoms with Gasteiger partial charge in [0.05, 0.1) is 32.5 Å². The summed E-state index contributed by atoms with van der Waals surface area (Å²) in [6, 6.07) is 0. The Balaban J connectivity index is 2.90. The Morgan fingerprint density at radius 3 is 2.42 bits per heavy atom. The normalized spacial score (nSPS) is 13.2.